The zero-order chi connectivity index (χ0) is 14.8. The predicted octanol–water partition coefficient (Wildman–Crippen LogP) is 2.85. The first kappa shape index (κ1) is 13.9. The van der Waals surface area contributed by atoms with E-state index in [0.29, 0.717) is 6.54 Å². The fraction of sp³-hybridized carbons (Fsp3) is 0.200. The molecule has 0 aliphatic carbocycles. The number of hydrogen-bond donors (Lipinski definition) is 2. The highest BCUT2D eigenvalue weighted by Crippen LogP contribution is 2.25. The van der Waals surface area contributed by atoms with E-state index in [1.807, 2.05) is 36.0 Å². The van der Waals surface area contributed by atoms with Gasteiger partial charge in [0.1, 0.15) is 0 Å². The molecule has 0 bridgehead atoms. The minimum Gasteiger partial charge on any atom is -0.330 e. The highest BCUT2D eigenvalue weighted by Gasteiger charge is 2.08. The van der Waals surface area contributed by atoms with E-state index in [1.54, 1.807) is 11.9 Å². The number of anilines is 1. The fourth-order valence-electron chi connectivity index (χ4n) is 2.25. The van der Waals surface area contributed by atoms with Crippen molar-refractivity contribution in [2.24, 2.45) is 5.73 Å². The smallest absolute Gasteiger partial charge is 0.154 e. The number of nitrogens with one attached hydrogen (secondary N) is 1. The summed E-state index contributed by atoms with van der Waals surface area (Å²) < 4.78 is 5.05. The van der Waals surface area contributed by atoms with E-state index in [4.69, 9.17) is 5.73 Å². The van der Waals surface area contributed by atoms with Gasteiger partial charge in [-0.3, -0.25) is 0 Å². The van der Waals surface area contributed by atoms with Crippen molar-refractivity contribution in [1.29, 1.82) is 0 Å². The Balaban J connectivity index is 2.10. The molecule has 3 rings (SSSR count). The van der Waals surface area contributed by atoms with Crippen LogP contribution in [0.2, 0.25) is 0 Å². The molecule has 2 heterocycles. The average Bonchev–Trinajstić information content (AvgIpc) is 2.90. The molecule has 0 atom stereocenters. The van der Waals surface area contributed by atoms with Crippen molar-refractivity contribution in [3.05, 3.63) is 47.8 Å². The topological polar surface area (TPSA) is 68.2 Å². The Bertz CT molecular complexity index is 781. The van der Waals surface area contributed by atoms with Crippen molar-refractivity contribution in [3.63, 3.8) is 0 Å². The van der Waals surface area contributed by atoms with Crippen molar-refractivity contribution in [2.75, 3.05) is 11.0 Å². The molecule has 21 heavy (non-hydrogen) atoms. The van der Waals surface area contributed by atoms with Crippen molar-refractivity contribution >= 4 is 23.3 Å². The first-order valence-electron chi connectivity index (χ1n) is 6.66. The maximum atomic E-state index is 5.78. The summed E-state index contributed by atoms with van der Waals surface area (Å²) in [5.41, 5.74) is 11.6. The van der Waals surface area contributed by atoms with Crippen molar-refractivity contribution in [3.8, 4) is 11.3 Å². The SMILES string of the molecule is CSNc1cc(CN)cc(-c2cn3nc(C)ccc3n2)c1. The van der Waals surface area contributed by atoms with Gasteiger partial charge in [0.25, 0.3) is 0 Å². The molecule has 0 spiro atoms. The lowest BCUT2D eigenvalue weighted by molar-refractivity contribution is 0.901. The number of aromatic nitrogens is 3. The number of nitrogens with zero attached hydrogens (tertiary/aromatic N) is 3. The number of aryl methyl sites for hydroxylation is 1. The van der Waals surface area contributed by atoms with Crippen molar-refractivity contribution in [2.45, 2.75) is 13.5 Å². The molecule has 0 unspecified atom stereocenters. The second-order valence-corrected chi connectivity index (χ2v) is 5.44. The van der Waals surface area contributed by atoms with Gasteiger partial charge in [-0.25, -0.2) is 9.50 Å². The van der Waals surface area contributed by atoms with Crippen LogP contribution in [0.3, 0.4) is 0 Å². The summed E-state index contributed by atoms with van der Waals surface area (Å²) in [5.74, 6) is 0. The van der Waals surface area contributed by atoms with Gasteiger partial charge in [0, 0.05) is 24.1 Å². The van der Waals surface area contributed by atoms with Gasteiger partial charge in [-0.15, -0.1) is 0 Å². The summed E-state index contributed by atoms with van der Waals surface area (Å²) >= 11 is 1.56. The summed E-state index contributed by atoms with van der Waals surface area (Å²) in [7, 11) is 0. The third kappa shape index (κ3) is 2.86. The largest absolute Gasteiger partial charge is 0.330 e. The van der Waals surface area contributed by atoms with Gasteiger partial charge in [-0.05, 0) is 42.8 Å². The molecule has 6 heteroatoms. The summed E-state index contributed by atoms with van der Waals surface area (Å²) in [4.78, 5) is 4.63. The standard InChI is InChI=1S/C15H17N5S/c1-10-3-4-15-17-14(9-20(15)18-10)12-5-11(8-16)6-13(7-12)19-21-2/h3-7,9,19H,8,16H2,1-2H3. The predicted molar refractivity (Wildman–Crippen MR) is 88.2 cm³/mol. The molecule has 3 N–H and O–H groups in total. The molecule has 3 aromatic rings. The third-order valence-corrected chi connectivity index (χ3v) is 3.64. The van der Waals surface area contributed by atoms with Crippen LogP contribution in [0, 0.1) is 6.92 Å². The van der Waals surface area contributed by atoms with E-state index in [-0.39, 0.29) is 0 Å². The van der Waals surface area contributed by atoms with E-state index >= 15 is 0 Å². The fourth-order valence-corrected chi connectivity index (χ4v) is 2.60. The first-order chi connectivity index (χ1) is 10.2. The molecule has 0 saturated carbocycles. The molecule has 0 fully saturated rings. The lowest BCUT2D eigenvalue weighted by Gasteiger charge is -2.07. The Morgan fingerprint density at radius 3 is 2.90 bits per heavy atom. The van der Waals surface area contributed by atoms with Crippen LogP contribution in [-0.4, -0.2) is 20.9 Å². The Labute approximate surface area is 127 Å². The quantitative estimate of drug-likeness (QED) is 0.725. The van der Waals surface area contributed by atoms with E-state index in [0.717, 1.165) is 33.8 Å². The van der Waals surface area contributed by atoms with Crippen LogP contribution in [0.4, 0.5) is 5.69 Å². The monoisotopic (exact) mass is 299 g/mol. The number of hydrogen-bond acceptors (Lipinski definition) is 5. The van der Waals surface area contributed by atoms with Crippen LogP contribution < -0.4 is 10.5 Å². The van der Waals surface area contributed by atoms with Gasteiger partial charge in [-0.2, -0.15) is 5.10 Å². The van der Waals surface area contributed by atoms with Crippen LogP contribution in [0.5, 0.6) is 0 Å². The zero-order valence-electron chi connectivity index (χ0n) is 12.0. The van der Waals surface area contributed by atoms with Crippen LogP contribution >= 0.6 is 11.9 Å². The maximum Gasteiger partial charge on any atom is 0.154 e. The van der Waals surface area contributed by atoms with Crippen LogP contribution in [-0.2, 0) is 6.54 Å². The maximum absolute atomic E-state index is 5.78. The molecule has 5 nitrogen and oxygen atoms in total. The molecule has 2 aromatic heterocycles. The molecule has 0 aliphatic rings. The Morgan fingerprint density at radius 2 is 2.14 bits per heavy atom. The summed E-state index contributed by atoms with van der Waals surface area (Å²) in [6.45, 7) is 2.47. The lowest BCUT2D eigenvalue weighted by atomic mass is 10.1. The van der Waals surface area contributed by atoms with E-state index in [9.17, 15) is 0 Å². The van der Waals surface area contributed by atoms with E-state index in [2.05, 4.69) is 33.0 Å². The first-order valence-corrected chi connectivity index (χ1v) is 7.88. The van der Waals surface area contributed by atoms with Crippen molar-refractivity contribution < 1.29 is 0 Å². The van der Waals surface area contributed by atoms with Gasteiger partial charge in [0.15, 0.2) is 5.65 Å². The molecular weight excluding hydrogens is 282 g/mol. The van der Waals surface area contributed by atoms with Gasteiger partial charge < -0.3 is 10.5 Å². The third-order valence-electron chi connectivity index (χ3n) is 3.20. The molecule has 0 radical (unpaired) electrons. The van der Waals surface area contributed by atoms with Gasteiger partial charge in [0.05, 0.1) is 17.6 Å². The zero-order valence-corrected chi connectivity index (χ0v) is 12.8. The van der Waals surface area contributed by atoms with Crippen LogP contribution in [0.1, 0.15) is 11.3 Å². The average molecular weight is 299 g/mol. The second kappa shape index (κ2) is 5.75. The lowest BCUT2D eigenvalue weighted by Crippen LogP contribution is -1.98. The molecule has 1 aromatic carbocycles. The molecule has 108 valence electrons. The van der Waals surface area contributed by atoms with Gasteiger partial charge >= 0.3 is 0 Å². The second-order valence-electron chi connectivity index (χ2n) is 4.83. The van der Waals surface area contributed by atoms with Crippen LogP contribution in [0.15, 0.2) is 36.5 Å². The number of nitrogens with two attached hydrogens (primary N) is 1. The molecular formula is C15H17N5S. The van der Waals surface area contributed by atoms with E-state index < -0.39 is 0 Å². The Kier molecular flexibility index (Phi) is 3.81. The highest BCUT2D eigenvalue weighted by molar-refractivity contribution is 7.99. The van der Waals surface area contributed by atoms with E-state index in [1.165, 1.54) is 0 Å². The minimum atomic E-state index is 0.502. The van der Waals surface area contributed by atoms with Gasteiger partial charge in [-0.1, -0.05) is 11.9 Å². The summed E-state index contributed by atoms with van der Waals surface area (Å²) in [5, 5.41) is 4.43. The van der Waals surface area contributed by atoms with Crippen molar-refractivity contribution in [1.82, 2.24) is 14.6 Å². The summed E-state index contributed by atoms with van der Waals surface area (Å²) in [6.07, 6.45) is 3.94. The Morgan fingerprint density at radius 1 is 1.29 bits per heavy atom. The molecule has 0 amide bonds. The van der Waals surface area contributed by atoms with Crippen LogP contribution in [0.25, 0.3) is 16.9 Å². The number of fused-ring (bicyclic) bond motifs is 1. The summed E-state index contributed by atoms with van der Waals surface area (Å²) in [6, 6.07) is 10.1. The number of benzene rings is 1. The Hall–Kier alpha value is -2.05. The minimum absolute atomic E-state index is 0.502. The number of imidazole rings is 1. The molecule has 0 saturated heterocycles. The number of rotatable bonds is 4. The van der Waals surface area contributed by atoms with Gasteiger partial charge in [0.2, 0.25) is 0 Å². The molecule has 0 aliphatic heterocycles. The highest BCUT2D eigenvalue weighted by atomic mass is 32.2. The normalized spacial score (nSPS) is 11.0.